The zero-order valence-corrected chi connectivity index (χ0v) is 15.1. The van der Waals surface area contributed by atoms with Crippen LogP contribution in [0, 0.1) is 6.92 Å². The van der Waals surface area contributed by atoms with Crippen LogP contribution in [0.4, 0.5) is 11.4 Å². The van der Waals surface area contributed by atoms with Gasteiger partial charge in [0.25, 0.3) is 0 Å². The molecule has 2 aromatic heterocycles. The minimum Gasteiger partial charge on any atom is -0.493 e. The fourth-order valence-electron chi connectivity index (χ4n) is 3.07. The number of thiophene rings is 1. The van der Waals surface area contributed by atoms with E-state index in [4.69, 9.17) is 4.74 Å². The smallest absolute Gasteiger partial charge is 0.127 e. The predicted molar refractivity (Wildman–Crippen MR) is 107 cm³/mol. The standard InChI is InChI=1S/C21H20N2OS/c1-3-24-20-7-5-4-6-17(20)21-12-15(13-25-21)23-18-8-9-19-16(14(18)2)10-11-22-19/h4-13,22-23H,3H2,1-2H3. The van der Waals surface area contributed by atoms with Gasteiger partial charge in [0.05, 0.1) is 6.61 Å². The van der Waals surface area contributed by atoms with Gasteiger partial charge in [-0.1, -0.05) is 12.1 Å². The molecule has 3 nitrogen and oxygen atoms in total. The minimum absolute atomic E-state index is 0.670. The molecule has 4 aromatic rings. The number of benzene rings is 2. The number of nitrogens with one attached hydrogen (secondary N) is 2. The van der Waals surface area contributed by atoms with Gasteiger partial charge in [-0.15, -0.1) is 11.3 Å². The van der Waals surface area contributed by atoms with Gasteiger partial charge in [-0.3, -0.25) is 0 Å². The Kier molecular flexibility index (Phi) is 4.20. The SMILES string of the molecule is CCOc1ccccc1-c1cc(Nc2ccc3[nH]ccc3c2C)cs1. The maximum atomic E-state index is 5.76. The lowest BCUT2D eigenvalue weighted by molar-refractivity contribution is 0.341. The van der Waals surface area contributed by atoms with E-state index < -0.39 is 0 Å². The van der Waals surface area contributed by atoms with Gasteiger partial charge in [-0.05, 0) is 55.8 Å². The summed E-state index contributed by atoms with van der Waals surface area (Å²) in [6, 6.07) is 16.7. The first-order chi connectivity index (χ1) is 12.3. The van der Waals surface area contributed by atoms with Crippen LogP contribution in [0.3, 0.4) is 0 Å². The maximum Gasteiger partial charge on any atom is 0.127 e. The Morgan fingerprint density at radius 3 is 2.88 bits per heavy atom. The van der Waals surface area contributed by atoms with Crippen molar-refractivity contribution in [3.05, 3.63) is 65.7 Å². The van der Waals surface area contributed by atoms with Crippen molar-refractivity contribution in [1.82, 2.24) is 4.98 Å². The van der Waals surface area contributed by atoms with Gasteiger partial charge < -0.3 is 15.0 Å². The highest BCUT2D eigenvalue weighted by atomic mass is 32.1. The second-order valence-corrected chi connectivity index (χ2v) is 6.84. The number of rotatable bonds is 5. The number of ether oxygens (including phenoxy) is 1. The van der Waals surface area contributed by atoms with Crippen LogP contribution in [0.2, 0.25) is 0 Å². The van der Waals surface area contributed by atoms with Gasteiger partial charge in [-0.25, -0.2) is 0 Å². The predicted octanol–water partition coefficient (Wildman–Crippen LogP) is 6.35. The third kappa shape index (κ3) is 3.01. The van der Waals surface area contributed by atoms with Crippen LogP contribution in [0.15, 0.2) is 60.1 Å². The van der Waals surface area contributed by atoms with E-state index >= 15 is 0 Å². The van der Waals surface area contributed by atoms with Crippen molar-refractivity contribution in [2.24, 2.45) is 0 Å². The van der Waals surface area contributed by atoms with Gasteiger partial charge in [0.2, 0.25) is 0 Å². The average Bonchev–Trinajstić information content (AvgIpc) is 3.28. The van der Waals surface area contributed by atoms with E-state index in [9.17, 15) is 0 Å². The average molecular weight is 348 g/mol. The highest BCUT2D eigenvalue weighted by Gasteiger charge is 2.10. The first-order valence-corrected chi connectivity index (χ1v) is 9.28. The Morgan fingerprint density at radius 2 is 2.00 bits per heavy atom. The first-order valence-electron chi connectivity index (χ1n) is 8.40. The van der Waals surface area contributed by atoms with Crippen LogP contribution in [0.5, 0.6) is 5.75 Å². The third-order valence-corrected chi connectivity index (χ3v) is 5.30. The molecule has 0 fully saturated rings. The number of anilines is 2. The van der Waals surface area contributed by atoms with Gasteiger partial charge in [0.15, 0.2) is 0 Å². The molecule has 25 heavy (non-hydrogen) atoms. The van der Waals surface area contributed by atoms with Gasteiger partial charge >= 0.3 is 0 Å². The van der Waals surface area contributed by atoms with E-state index in [0.717, 1.165) is 22.7 Å². The number of aromatic amines is 1. The van der Waals surface area contributed by atoms with Crippen molar-refractivity contribution < 1.29 is 4.74 Å². The first kappa shape index (κ1) is 15.8. The molecule has 2 N–H and O–H groups in total. The van der Waals surface area contributed by atoms with Crippen molar-refractivity contribution >= 4 is 33.6 Å². The fraction of sp³-hybridized carbons (Fsp3) is 0.143. The lowest BCUT2D eigenvalue weighted by atomic mass is 10.1. The van der Waals surface area contributed by atoms with Crippen LogP contribution >= 0.6 is 11.3 Å². The second kappa shape index (κ2) is 6.65. The molecule has 0 bridgehead atoms. The summed E-state index contributed by atoms with van der Waals surface area (Å²) in [7, 11) is 0. The van der Waals surface area contributed by atoms with E-state index in [1.807, 2.05) is 25.3 Å². The molecule has 0 aliphatic carbocycles. The largest absolute Gasteiger partial charge is 0.493 e. The maximum absolute atomic E-state index is 5.76. The lowest BCUT2D eigenvalue weighted by Crippen LogP contribution is -1.93. The minimum atomic E-state index is 0.670. The third-order valence-electron chi connectivity index (χ3n) is 4.33. The van der Waals surface area contributed by atoms with Crippen LogP contribution in [0.1, 0.15) is 12.5 Å². The van der Waals surface area contributed by atoms with Crippen LogP contribution in [-0.4, -0.2) is 11.6 Å². The van der Waals surface area contributed by atoms with E-state index in [2.05, 4.69) is 59.0 Å². The fourth-order valence-corrected chi connectivity index (χ4v) is 3.94. The molecule has 0 unspecified atom stereocenters. The summed E-state index contributed by atoms with van der Waals surface area (Å²) in [5.74, 6) is 0.934. The van der Waals surface area contributed by atoms with E-state index in [0.29, 0.717) is 6.61 Å². The molecule has 0 amide bonds. The molecular formula is C21H20N2OS. The molecule has 0 radical (unpaired) electrons. The van der Waals surface area contributed by atoms with Gasteiger partial charge in [0, 0.05) is 44.3 Å². The summed E-state index contributed by atoms with van der Waals surface area (Å²) in [6.07, 6.45) is 1.98. The summed E-state index contributed by atoms with van der Waals surface area (Å²) < 4.78 is 5.76. The van der Waals surface area contributed by atoms with Crippen molar-refractivity contribution in [3.8, 4) is 16.2 Å². The molecule has 4 rings (SSSR count). The molecule has 0 atom stereocenters. The van der Waals surface area contributed by atoms with E-state index in [1.54, 1.807) is 11.3 Å². The van der Waals surface area contributed by atoms with Crippen molar-refractivity contribution in [1.29, 1.82) is 0 Å². The monoisotopic (exact) mass is 348 g/mol. The number of aromatic nitrogens is 1. The van der Waals surface area contributed by atoms with Crippen molar-refractivity contribution in [2.45, 2.75) is 13.8 Å². The van der Waals surface area contributed by atoms with Crippen LogP contribution in [0.25, 0.3) is 21.3 Å². The van der Waals surface area contributed by atoms with Crippen molar-refractivity contribution in [3.63, 3.8) is 0 Å². The summed E-state index contributed by atoms with van der Waals surface area (Å²) in [4.78, 5) is 4.46. The normalized spacial score (nSPS) is 11.0. The quantitative estimate of drug-likeness (QED) is 0.441. The molecule has 4 heteroatoms. The molecule has 0 aliphatic rings. The molecular weight excluding hydrogens is 328 g/mol. The number of aryl methyl sites for hydroxylation is 1. The summed E-state index contributed by atoms with van der Waals surface area (Å²) in [5.41, 5.74) is 5.79. The number of hydrogen-bond acceptors (Lipinski definition) is 3. The molecule has 0 aliphatic heterocycles. The molecule has 126 valence electrons. The van der Waals surface area contributed by atoms with Crippen molar-refractivity contribution in [2.75, 3.05) is 11.9 Å². The summed E-state index contributed by atoms with van der Waals surface area (Å²) >= 11 is 1.72. The molecule has 0 saturated heterocycles. The second-order valence-electron chi connectivity index (χ2n) is 5.93. The molecule has 0 spiro atoms. The highest BCUT2D eigenvalue weighted by Crippen LogP contribution is 2.37. The topological polar surface area (TPSA) is 37.0 Å². The van der Waals surface area contributed by atoms with E-state index in [-0.39, 0.29) is 0 Å². The van der Waals surface area contributed by atoms with Gasteiger partial charge in [0.1, 0.15) is 5.75 Å². The molecule has 0 saturated carbocycles. The number of fused-ring (bicyclic) bond motifs is 1. The van der Waals surface area contributed by atoms with Crippen LogP contribution < -0.4 is 10.1 Å². The Hall–Kier alpha value is -2.72. The zero-order chi connectivity index (χ0) is 17.2. The Morgan fingerprint density at radius 1 is 1.12 bits per heavy atom. The number of hydrogen-bond donors (Lipinski definition) is 2. The van der Waals surface area contributed by atoms with Crippen LogP contribution in [-0.2, 0) is 0 Å². The zero-order valence-electron chi connectivity index (χ0n) is 14.3. The van der Waals surface area contributed by atoms with E-state index in [1.165, 1.54) is 21.3 Å². The summed E-state index contributed by atoms with van der Waals surface area (Å²) in [6.45, 7) is 4.83. The number of H-pyrrole nitrogens is 1. The lowest BCUT2D eigenvalue weighted by Gasteiger charge is -2.09. The Labute approximate surface area is 151 Å². The Balaban J connectivity index is 1.64. The van der Waals surface area contributed by atoms with Gasteiger partial charge in [-0.2, -0.15) is 0 Å². The molecule has 2 aromatic carbocycles. The summed E-state index contributed by atoms with van der Waals surface area (Å²) in [5, 5.41) is 6.96. The molecule has 2 heterocycles. The number of para-hydroxylation sites is 1. The Bertz CT molecular complexity index is 1020. The highest BCUT2D eigenvalue weighted by molar-refractivity contribution is 7.14.